The summed E-state index contributed by atoms with van der Waals surface area (Å²) in [5.41, 5.74) is 4.39. The fourth-order valence-electron chi connectivity index (χ4n) is 2.23. The molecule has 0 aliphatic carbocycles. The summed E-state index contributed by atoms with van der Waals surface area (Å²) >= 11 is 5.89. The van der Waals surface area contributed by atoms with E-state index in [2.05, 4.69) is 44.0 Å². The monoisotopic (exact) mass is 339 g/mol. The van der Waals surface area contributed by atoms with Crippen molar-refractivity contribution < 1.29 is 0 Å². The third kappa shape index (κ3) is 4.20. The molecular formula is C18H18ClN5. The van der Waals surface area contributed by atoms with Crippen LogP contribution in [0.15, 0.2) is 48.7 Å². The summed E-state index contributed by atoms with van der Waals surface area (Å²) in [4.78, 5) is 4.45. The molecule has 1 heterocycles. The number of halogens is 1. The van der Waals surface area contributed by atoms with Crippen molar-refractivity contribution in [3.05, 3.63) is 70.4 Å². The predicted octanol–water partition coefficient (Wildman–Crippen LogP) is 4.50. The molecule has 0 aliphatic rings. The normalized spacial score (nSPS) is 10.5. The highest BCUT2D eigenvalue weighted by Crippen LogP contribution is 2.20. The second kappa shape index (κ2) is 7.27. The average molecular weight is 340 g/mol. The minimum Gasteiger partial charge on any atom is -0.365 e. The molecule has 1 aromatic heterocycles. The van der Waals surface area contributed by atoms with Gasteiger partial charge < -0.3 is 10.6 Å². The SMILES string of the molecule is Cc1ccc(C)c(Nc2nncc(NCc3ccc(Cl)cc3)n2)c1. The molecule has 2 aromatic carbocycles. The van der Waals surface area contributed by atoms with Crippen molar-refractivity contribution >= 4 is 29.1 Å². The van der Waals surface area contributed by atoms with Crippen LogP contribution in [-0.4, -0.2) is 15.2 Å². The van der Waals surface area contributed by atoms with Gasteiger partial charge in [-0.05, 0) is 48.7 Å². The quantitative estimate of drug-likeness (QED) is 0.716. The Labute approximate surface area is 146 Å². The Morgan fingerprint density at radius 3 is 2.62 bits per heavy atom. The van der Waals surface area contributed by atoms with Gasteiger partial charge in [0.2, 0.25) is 5.95 Å². The number of hydrogen-bond acceptors (Lipinski definition) is 5. The molecule has 0 radical (unpaired) electrons. The first kappa shape index (κ1) is 16.2. The molecule has 0 bridgehead atoms. The molecule has 0 aliphatic heterocycles. The van der Waals surface area contributed by atoms with Crippen LogP contribution in [-0.2, 0) is 6.54 Å². The molecule has 24 heavy (non-hydrogen) atoms. The molecular weight excluding hydrogens is 322 g/mol. The molecule has 5 nitrogen and oxygen atoms in total. The van der Waals surface area contributed by atoms with Crippen LogP contribution in [0.3, 0.4) is 0 Å². The maximum absolute atomic E-state index is 5.89. The lowest BCUT2D eigenvalue weighted by molar-refractivity contribution is 0.965. The third-order valence-corrected chi connectivity index (χ3v) is 3.84. The van der Waals surface area contributed by atoms with Gasteiger partial charge in [-0.1, -0.05) is 35.9 Å². The zero-order chi connectivity index (χ0) is 16.9. The minimum atomic E-state index is 0.463. The average Bonchev–Trinajstić information content (AvgIpc) is 2.58. The van der Waals surface area contributed by atoms with Crippen LogP contribution >= 0.6 is 11.6 Å². The second-order valence-corrected chi connectivity index (χ2v) is 6.03. The lowest BCUT2D eigenvalue weighted by Crippen LogP contribution is -2.06. The Hall–Kier alpha value is -2.66. The second-order valence-electron chi connectivity index (χ2n) is 5.59. The molecule has 0 saturated heterocycles. The summed E-state index contributed by atoms with van der Waals surface area (Å²) in [6, 6.07) is 13.9. The van der Waals surface area contributed by atoms with Gasteiger partial charge in [0, 0.05) is 17.3 Å². The molecule has 0 unspecified atom stereocenters. The summed E-state index contributed by atoms with van der Waals surface area (Å²) in [6.07, 6.45) is 1.60. The molecule has 0 saturated carbocycles. The number of anilines is 3. The van der Waals surface area contributed by atoms with Gasteiger partial charge in [0.05, 0.1) is 6.20 Å². The lowest BCUT2D eigenvalue weighted by atomic mass is 10.1. The maximum atomic E-state index is 5.89. The Kier molecular flexibility index (Phi) is 4.91. The van der Waals surface area contributed by atoms with E-state index < -0.39 is 0 Å². The Bertz CT molecular complexity index is 833. The highest BCUT2D eigenvalue weighted by molar-refractivity contribution is 6.30. The van der Waals surface area contributed by atoms with E-state index in [4.69, 9.17) is 11.6 Å². The molecule has 2 N–H and O–H groups in total. The van der Waals surface area contributed by atoms with E-state index >= 15 is 0 Å². The number of nitrogens with one attached hydrogen (secondary N) is 2. The summed E-state index contributed by atoms with van der Waals surface area (Å²) in [5, 5.41) is 15.2. The lowest BCUT2D eigenvalue weighted by Gasteiger charge is -2.10. The number of benzene rings is 2. The van der Waals surface area contributed by atoms with Gasteiger partial charge in [0.1, 0.15) is 0 Å². The number of aryl methyl sites for hydroxylation is 2. The topological polar surface area (TPSA) is 62.7 Å². The Morgan fingerprint density at radius 1 is 1.04 bits per heavy atom. The van der Waals surface area contributed by atoms with E-state index in [9.17, 15) is 0 Å². The first-order valence-corrected chi connectivity index (χ1v) is 8.00. The van der Waals surface area contributed by atoms with Crippen LogP contribution in [0, 0.1) is 13.8 Å². The van der Waals surface area contributed by atoms with Crippen LogP contribution in [0.25, 0.3) is 0 Å². The molecule has 122 valence electrons. The van der Waals surface area contributed by atoms with Gasteiger partial charge in [0.25, 0.3) is 0 Å². The smallest absolute Gasteiger partial charge is 0.249 e. The fourth-order valence-corrected chi connectivity index (χ4v) is 2.35. The summed E-state index contributed by atoms with van der Waals surface area (Å²) < 4.78 is 0. The first-order valence-electron chi connectivity index (χ1n) is 7.62. The number of nitrogens with zero attached hydrogens (tertiary/aromatic N) is 3. The van der Waals surface area contributed by atoms with E-state index in [1.54, 1.807) is 6.20 Å². The molecule has 0 amide bonds. The number of aromatic nitrogens is 3. The highest BCUT2D eigenvalue weighted by Gasteiger charge is 2.04. The van der Waals surface area contributed by atoms with Gasteiger partial charge in [-0.15, -0.1) is 5.10 Å². The molecule has 0 atom stereocenters. The van der Waals surface area contributed by atoms with Crippen LogP contribution in [0.5, 0.6) is 0 Å². The number of rotatable bonds is 5. The molecule has 0 spiro atoms. The largest absolute Gasteiger partial charge is 0.365 e. The fraction of sp³-hybridized carbons (Fsp3) is 0.167. The van der Waals surface area contributed by atoms with Crippen LogP contribution in [0.2, 0.25) is 5.02 Å². The van der Waals surface area contributed by atoms with Crippen LogP contribution in [0.1, 0.15) is 16.7 Å². The summed E-state index contributed by atoms with van der Waals surface area (Å²) in [5.74, 6) is 1.12. The van der Waals surface area contributed by atoms with Crippen LogP contribution < -0.4 is 10.6 Å². The van der Waals surface area contributed by atoms with E-state index in [1.165, 1.54) is 5.56 Å². The Balaban J connectivity index is 1.69. The van der Waals surface area contributed by atoms with Crippen molar-refractivity contribution in [2.24, 2.45) is 0 Å². The van der Waals surface area contributed by atoms with Gasteiger partial charge in [0.15, 0.2) is 5.82 Å². The summed E-state index contributed by atoms with van der Waals surface area (Å²) in [7, 11) is 0. The summed E-state index contributed by atoms with van der Waals surface area (Å²) in [6.45, 7) is 4.73. The highest BCUT2D eigenvalue weighted by atomic mass is 35.5. The molecule has 6 heteroatoms. The van der Waals surface area contributed by atoms with E-state index in [0.29, 0.717) is 18.3 Å². The predicted molar refractivity (Wildman–Crippen MR) is 97.8 cm³/mol. The van der Waals surface area contributed by atoms with Crippen molar-refractivity contribution in [1.82, 2.24) is 15.2 Å². The van der Waals surface area contributed by atoms with Gasteiger partial charge in [-0.3, -0.25) is 0 Å². The number of hydrogen-bond donors (Lipinski definition) is 2. The van der Waals surface area contributed by atoms with E-state index in [-0.39, 0.29) is 0 Å². The maximum Gasteiger partial charge on any atom is 0.249 e. The van der Waals surface area contributed by atoms with Gasteiger partial charge >= 0.3 is 0 Å². The first-order chi connectivity index (χ1) is 11.6. The molecule has 3 aromatic rings. The van der Waals surface area contributed by atoms with E-state index in [0.717, 1.165) is 21.8 Å². The van der Waals surface area contributed by atoms with Crippen molar-refractivity contribution in [2.45, 2.75) is 20.4 Å². The van der Waals surface area contributed by atoms with Crippen molar-refractivity contribution in [1.29, 1.82) is 0 Å². The van der Waals surface area contributed by atoms with E-state index in [1.807, 2.05) is 38.1 Å². The molecule has 3 rings (SSSR count). The standard InChI is InChI=1S/C18H18ClN5/c1-12-3-4-13(2)16(9-12)22-18-23-17(11-21-24-18)20-10-14-5-7-15(19)8-6-14/h3-9,11H,10H2,1-2H3,(H2,20,22,23,24). The zero-order valence-corrected chi connectivity index (χ0v) is 14.3. The Morgan fingerprint density at radius 2 is 1.83 bits per heavy atom. The van der Waals surface area contributed by atoms with Crippen molar-refractivity contribution in [3.8, 4) is 0 Å². The minimum absolute atomic E-state index is 0.463. The van der Waals surface area contributed by atoms with Crippen LogP contribution in [0.4, 0.5) is 17.5 Å². The van der Waals surface area contributed by atoms with Gasteiger partial charge in [-0.25, -0.2) is 0 Å². The van der Waals surface area contributed by atoms with Crippen molar-refractivity contribution in [2.75, 3.05) is 10.6 Å². The van der Waals surface area contributed by atoms with Crippen molar-refractivity contribution in [3.63, 3.8) is 0 Å². The zero-order valence-electron chi connectivity index (χ0n) is 13.5. The van der Waals surface area contributed by atoms with Gasteiger partial charge in [-0.2, -0.15) is 10.1 Å². The molecule has 0 fully saturated rings. The third-order valence-electron chi connectivity index (χ3n) is 3.59.